The lowest BCUT2D eigenvalue weighted by atomic mass is 10.3. The lowest BCUT2D eigenvalue weighted by Gasteiger charge is -2.11. The van der Waals surface area contributed by atoms with Crippen molar-refractivity contribution in [3.63, 3.8) is 0 Å². The molecule has 3 rings (SSSR count). The molecule has 8 heteroatoms. The highest BCUT2D eigenvalue weighted by Gasteiger charge is 2.36. The van der Waals surface area contributed by atoms with Gasteiger partial charge in [-0.25, -0.2) is 15.0 Å². The number of imidazole rings is 1. The highest BCUT2D eigenvalue weighted by Crippen LogP contribution is 2.33. The molecule has 1 saturated heterocycles. The molecule has 0 amide bonds. The van der Waals surface area contributed by atoms with Crippen LogP contribution < -0.4 is 0 Å². The molecule has 0 bridgehead atoms. The van der Waals surface area contributed by atoms with Gasteiger partial charge in [0.1, 0.15) is 18.1 Å². The summed E-state index contributed by atoms with van der Waals surface area (Å²) in [6, 6.07) is 0. The highest BCUT2D eigenvalue weighted by molar-refractivity contribution is 5.73. The topological polar surface area (TPSA) is 52.8 Å². The summed E-state index contributed by atoms with van der Waals surface area (Å²) in [5.74, 6) is 0. The van der Waals surface area contributed by atoms with E-state index in [1.54, 1.807) is 0 Å². The molecule has 1 unspecified atom stereocenters. The van der Waals surface area contributed by atoms with Crippen molar-refractivity contribution in [2.45, 2.75) is 25.2 Å². The van der Waals surface area contributed by atoms with E-state index in [-0.39, 0.29) is 17.4 Å². The molecule has 5 nitrogen and oxygen atoms in total. The van der Waals surface area contributed by atoms with Crippen LogP contribution in [0.3, 0.4) is 0 Å². The van der Waals surface area contributed by atoms with Crippen LogP contribution in [0.15, 0.2) is 12.7 Å². The third kappa shape index (κ3) is 1.72. The number of hydrogen-bond acceptors (Lipinski definition) is 4. The molecule has 0 spiro atoms. The fourth-order valence-electron chi connectivity index (χ4n) is 2.05. The normalized spacial score (nSPS) is 20.7. The van der Waals surface area contributed by atoms with Crippen LogP contribution in [0.5, 0.6) is 0 Å². The van der Waals surface area contributed by atoms with E-state index in [9.17, 15) is 13.2 Å². The minimum absolute atomic E-state index is 0.157. The SMILES string of the molecule is FC(F)(F)c1ncnc2c1ncn2C1CCCO1. The van der Waals surface area contributed by atoms with Crippen LogP contribution in [0.2, 0.25) is 0 Å². The summed E-state index contributed by atoms with van der Waals surface area (Å²) in [4.78, 5) is 10.9. The number of ether oxygens (including phenoxy) is 1. The number of alkyl halides is 3. The van der Waals surface area contributed by atoms with Gasteiger partial charge in [-0.1, -0.05) is 0 Å². The number of hydrogen-bond donors (Lipinski definition) is 0. The monoisotopic (exact) mass is 258 g/mol. The van der Waals surface area contributed by atoms with Crippen LogP contribution in [0.4, 0.5) is 13.2 Å². The smallest absolute Gasteiger partial charge is 0.358 e. The quantitative estimate of drug-likeness (QED) is 0.786. The number of fused-ring (bicyclic) bond motifs is 1. The Hall–Kier alpha value is -1.70. The second-order valence-electron chi connectivity index (χ2n) is 4.01. The molecule has 2 aromatic heterocycles. The van der Waals surface area contributed by atoms with Gasteiger partial charge in [0.2, 0.25) is 0 Å². The molecule has 18 heavy (non-hydrogen) atoms. The van der Waals surface area contributed by atoms with Crippen LogP contribution in [0.1, 0.15) is 24.8 Å². The molecular formula is C10H9F3N4O. The van der Waals surface area contributed by atoms with Crippen LogP contribution in [-0.2, 0) is 10.9 Å². The maximum Gasteiger partial charge on any atom is 0.435 e. The van der Waals surface area contributed by atoms with E-state index in [1.165, 1.54) is 10.9 Å². The Labute approximate surface area is 99.6 Å². The first-order valence-electron chi connectivity index (χ1n) is 5.43. The van der Waals surface area contributed by atoms with Crippen LogP contribution >= 0.6 is 0 Å². The molecule has 0 aliphatic carbocycles. The standard InChI is InChI=1S/C10H9F3N4O/c11-10(12,13)8-7-9(15-4-14-8)17(5-16-7)6-2-1-3-18-6/h4-6H,1-3H2. The number of nitrogens with zero attached hydrogens (tertiary/aromatic N) is 4. The van der Waals surface area contributed by atoms with Crippen molar-refractivity contribution in [2.24, 2.45) is 0 Å². The van der Waals surface area contributed by atoms with Gasteiger partial charge in [-0.15, -0.1) is 0 Å². The Morgan fingerprint density at radius 1 is 1.28 bits per heavy atom. The minimum atomic E-state index is -4.53. The number of rotatable bonds is 1. The number of halogens is 3. The summed E-state index contributed by atoms with van der Waals surface area (Å²) >= 11 is 0. The molecule has 1 aliphatic heterocycles. The van der Waals surface area contributed by atoms with Crippen molar-refractivity contribution in [1.82, 2.24) is 19.5 Å². The zero-order valence-corrected chi connectivity index (χ0v) is 9.18. The predicted octanol–water partition coefficient (Wildman–Crippen LogP) is 2.15. The lowest BCUT2D eigenvalue weighted by molar-refractivity contribution is -0.140. The van der Waals surface area contributed by atoms with Gasteiger partial charge < -0.3 is 4.74 Å². The summed E-state index contributed by atoms with van der Waals surface area (Å²) in [6.07, 6.45) is -0.969. The fraction of sp³-hybridized carbons (Fsp3) is 0.500. The Kier molecular flexibility index (Phi) is 2.47. The summed E-state index contributed by atoms with van der Waals surface area (Å²) in [5, 5.41) is 0. The zero-order chi connectivity index (χ0) is 12.8. The lowest BCUT2D eigenvalue weighted by Crippen LogP contribution is -2.11. The maximum absolute atomic E-state index is 12.7. The van der Waals surface area contributed by atoms with Crippen molar-refractivity contribution in [1.29, 1.82) is 0 Å². The molecule has 0 saturated carbocycles. The van der Waals surface area contributed by atoms with Gasteiger partial charge in [0.15, 0.2) is 11.3 Å². The van der Waals surface area contributed by atoms with Gasteiger partial charge in [0.25, 0.3) is 0 Å². The third-order valence-corrected chi connectivity index (χ3v) is 2.84. The Balaban J connectivity index is 2.14. The van der Waals surface area contributed by atoms with Gasteiger partial charge in [-0.05, 0) is 12.8 Å². The van der Waals surface area contributed by atoms with Gasteiger partial charge >= 0.3 is 6.18 Å². The second-order valence-corrected chi connectivity index (χ2v) is 4.01. The largest absolute Gasteiger partial charge is 0.435 e. The van der Waals surface area contributed by atoms with Crippen LogP contribution in [-0.4, -0.2) is 26.1 Å². The van der Waals surface area contributed by atoms with E-state index in [0.717, 1.165) is 19.2 Å². The van der Waals surface area contributed by atoms with E-state index in [4.69, 9.17) is 4.74 Å². The molecular weight excluding hydrogens is 249 g/mol. The molecule has 3 heterocycles. The van der Waals surface area contributed by atoms with E-state index in [1.807, 2.05) is 0 Å². The molecule has 1 aliphatic rings. The van der Waals surface area contributed by atoms with Crippen molar-refractivity contribution in [2.75, 3.05) is 6.61 Å². The van der Waals surface area contributed by atoms with Gasteiger partial charge in [-0.2, -0.15) is 13.2 Å². The molecule has 0 aromatic carbocycles. The molecule has 2 aromatic rings. The van der Waals surface area contributed by atoms with E-state index >= 15 is 0 Å². The molecule has 1 fully saturated rings. The highest BCUT2D eigenvalue weighted by atomic mass is 19.4. The third-order valence-electron chi connectivity index (χ3n) is 2.84. The number of aromatic nitrogens is 4. The Bertz CT molecular complexity index is 574. The van der Waals surface area contributed by atoms with Crippen molar-refractivity contribution in [3.8, 4) is 0 Å². The molecule has 96 valence electrons. The summed E-state index contributed by atoms with van der Waals surface area (Å²) in [6.45, 7) is 0.599. The van der Waals surface area contributed by atoms with Crippen molar-refractivity contribution < 1.29 is 17.9 Å². The van der Waals surface area contributed by atoms with Gasteiger partial charge in [0, 0.05) is 6.61 Å². The molecule has 1 atom stereocenters. The molecule has 0 radical (unpaired) electrons. The second kappa shape index (κ2) is 3.91. The summed E-state index contributed by atoms with van der Waals surface area (Å²) in [7, 11) is 0. The minimum Gasteiger partial charge on any atom is -0.358 e. The van der Waals surface area contributed by atoms with E-state index in [2.05, 4.69) is 15.0 Å². The summed E-state index contributed by atoms with van der Waals surface area (Å²) in [5.41, 5.74) is -1.09. The average molecular weight is 258 g/mol. The van der Waals surface area contributed by atoms with Gasteiger partial charge in [-0.3, -0.25) is 4.57 Å². The first kappa shape index (κ1) is 11.4. The van der Waals surface area contributed by atoms with Crippen LogP contribution in [0, 0.1) is 0 Å². The van der Waals surface area contributed by atoms with Crippen molar-refractivity contribution >= 4 is 11.2 Å². The van der Waals surface area contributed by atoms with Crippen molar-refractivity contribution in [3.05, 3.63) is 18.3 Å². The predicted molar refractivity (Wildman–Crippen MR) is 54.5 cm³/mol. The fourth-order valence-corrected chi connectivity index (χ4v) is 2.05. The van der Waals surface area contributed by atoms with Crippen LogP contribution in [0.25, 0.3) is 11.2 Å². The van der Waals surface area contributed by atoms with Gasteiger partial charge in [0.05, 0.1) is 6.33 Å². The first-order chi connectivity index (χ1) is 8.57. The van der Waals surface area contributed by atoms with E-state index in [0.29, 0.717) is 6.61 Å². The maximum atomic E-state index is 12.7. The average Bonchev–Trinajstić information content (AvgIpc) is 2.95. The first-order valence-corrected chi connectivity index (χ1v) is 5.43. The zero-order valence-electron chi connectivity index (χ0n) is 9.18. The Morgan fingerprint density at radius 3 is 2.78 bits per heavy atom. The summed E-state index contributed by atoms with van der Waals surface area (Å²) < 4.78 is 45.1. The Morgan fingerprint density at radius 2 is 2.11 bits per heavy atom. The van der Waals surface area contributed by atoms with E-state index < -0.39 is 11.9 Å². The molecule has 0 N–H and O–H groups in total.